The molecule has 0 atom stereocenters. The highest BCUT2D eigenvalue weighted by Gasteiger charge is 2.20. The first kappa shape index (κ1) is 15.8. The maximum absolute atomic E-state index is 13.3. The number of aliphatic hydroxyl groups is 1. The first-order valence-electron chi connectivity index (χ1n) is 6.02. The SMILES string of the molecule is Cc1ccc(Cl)cc1NS(=O)(=O)c1cc(F)ccc1CO. The summed E-state index contributed by atoms with van der Waals surface area (Å²) in [7, 11) is -4.03. The molecule has 0 saturated carbocycles. The average Bonchev–Trinajstić information content (AvgIpc) is 2.42. The molecule has 0 saturated heterocycles. The van der Waals surface area contributed by atoms with E-state index in [0.717, 1.165) is 12.1 Å². The molecule has 21 heavy (non-hydrogen) atoms. The van der Waals surface area contributed by atoms with E-state index in [9.17, 15) is 17.9 Å². The van der Waals surface area contributed by atoms with Crippen LogP contribution in [0.4, 0.5) is 10.1 Å². The molecule has 4 nitrogen and oxygen atoms in total. The van der Waals surface area contributed by atoms with Gasteiger partial charge in [0.1, 0.15) is 5.82 Å². The molecule has 0 aliphatic heterocycles. The van der Waals surface area contributed by atoms with E-state index in [-0.39, 0.29) is 10.5 Å². The number of rotatable bonds is 4. The molecule has 2 aromatic carbocycles. The fourth-order valence-corrected chi connectivity index (χ4v) is 3.35. The van der Waals surface area contributed by atoms with Crippen LogP contribution in [0.1, 0.15) is 11.1 Å². The highest BCUT2D eigenvalue weighted by Crippen LogP contribution is 2.25. The van der Waals surface area contributed by atoms with E-state index in [1.54, 1.807) is 19.1 Å². The molecule has 2 N–H and O–H groups in total. The molecule has 0 amide bonds. The number of hydrogen-bond acceptors (Lipinski definition) is 3. The summed E-state index contributed by atoms with van der Waals surface area (Å²) in [6.07, 6.45) is 0. The third-order valence-corrected chi connectivity index (χ3v) is 4.62. The zero-order valence-corrected chi connectivity index (χ0v) is 12.7. The third-order valence-electron chi connectivity index (χ3n) is 2.93. The normalized spacial score (nSPS) is 11.4. The maximum atomic E-state index is 13.3. The van der Waals surface area contributed by atoms with Crippen LogP contribution in [-0.4, -0.2) is 13.5 Å². The van der Waals surface area contributed by atoms with Gasteiger partial charge in [-0.3, -0.25) is 4.72 Å². The summed E-state index contributed by atoms with van der Waals surface area (Å²) in [4.78, 5) is -0.302. The molecule has 7 heteroatoms. The number of aliphatic hydroxyl groups excluding tert-OH is 1. The number of aryl methyl sites for hydroxylation is 1. The van der Waals surface area contributed by atoms with Crippen molar-refractivity contribution >= 4 is 27.3 Å². The van der Waals surface area contributed by atoms with Gasteiger partial charge in [-0.1, -0.05) is 23.7 Å². The van der Waals surface area contributed by atoms with Crippen LogP contribution in [0.3, 0.4) is 0 Å². The Morgan fingerprint density at radius 2 is 1.95 bits per heavy atom. The van der Waals surface area contributed by atoms with Crippen LogP contribution in [-0.2, 0) is 16.6 Å². The van der Waals surface area contributed by atoms with Crippen LogP contribution in [0.15, 0.2) is 41.3 Å². The highest BCUT2D eigenvalue weighted by atomic mass is 35.5. The summed E-state index contributed by atoms with van der Waals surface area (Å²) in [6, 6.07) is 7.96. The van der Waals surface area contributed by atoms with Gasteiger partial charge in [-0.05, 0) is 42.3 Å². The Bertz CT molecular complexity index is 778. The topological polar surface area (TPSA) is 66.4 Å². The zero-order valence-electron chi connectivity index (χ0n) is 11.1. The first-order chi connectivity index (χ1) is 9.83. The van der Waals surface area contributed by atoms with E-state index in [1.165, 1.54) is 12.1 Å². The summed E-state index contributed by atoms with van der Waals surface area (Å²) in [5, 5.41) is 9.58. The van der Waals surface area contributed by atoms with Crippen molar-refractivity contribution in [2.45, 2.75) is 18.4 Å². The molecule has 0 heterocycles. The summed E-state index contributed by atoms with van der Waals surface area (Å²) in [6.45, 7) is 1.21. The summed E-state index contributed by atoms with van der Waals surface area (Å²) in [5.41, 5.74) is 1.09. The van der Waals surface area contributed by atoms with Gasteiger partial charge < -0.3 is 5.11 Å². The standard InChI is InChI=1S/C14H13ClFNO3S/c1-9-2-4-11(15)6-13(9)17-21(19,20)14-7-12(16)5-3-10(14)8-18/h2-7,17-18H,8H2,1H3. The molecule has 0 unspecified atom stereocenters. The number of hydrogen-bond donors (Lipinski definition) is 2. The molecule has 0 spiro atoms. The van der Waals surface area contributed by atoms with Crippen molar-refractivity contribution in [1.29, 1.82) is 0 Å². The minimum Gasteiger partial charge on any atom is -0.392 e. The molecule has 0 fully saturated rings. The Labute approximate surface area is 127 Å². The van der Waals surface area contributed by atoms with Gasteiger partial charge in [0.2, 0.25) is 0 Å². The molecule has 0 aliphatic rings. The largest absolute Gasteiger partial charge is 0.392 e. The first-order valence-corrected chi connectivity index (χ1v) is 7.88. The van der Waals surface area contributed by atoms with Gasteiger partial charge in [-0.15, -0.1) is 0 Å². The average molecular weight is 330 g/mol. The van der Waals surface area contributed by atoms with E-state index in [4.69, 9.17) is 11.6 Å². The van der Waals surface area contributed by atoms with Crippen molar-refractivity contribution in [3.63, 3.8) is 0 Å². The number of anilines is 1. The Morgan fingerprint density at radius 3 is 2.62 bits per heavy atom. The second-order valence-electron chi connectivity index (χ2n) is 4.47. The molecule has 2 rings (SSSR count). The van der Waals surface area contributed by atoms with E-state index in [0.29, 0.717) is 16.3 Å². The lowest BCUT2D eigenvalue weighted by Gasteiger charge is -2.13. The Balaban J connectivity index is 2.48. The van der Waals surface area contributed by atoms with E-state index >= 15 is 0 Å². The lowest BCUT2D eigenvalue weighted by molar-refractivity contribution is 0.278. The van der Waals surface area contributed by atoms with Crippen molar-refractivity contribution < 1.29 is 17.9 Å². The Morgan fingerprint density at radius 1 is 1.24 bits per heavy atom. The van der Waals surface area contributed by atoms with Gasteiger partial charge in [0, 0.05) is 5.02 Å². The molecule has 0 radical (unpaired) electrons. The van der Waals surface area contributed by atoms with Crippen molar-refractivity contribution in [2.75, 3.05) is 4.72 Å². The van der Waals surface area contributed by atoms with Gasteiger partial charge in [0.25, 0.3) is 10.0 Å². The van der Waals surface area contributed by atoms with Crippen LogP contribution in [0, 0.1) is 12.7 Å². The molecule has 0 aliphatic carbocycles. The second kappa shape index (κ2) is 6.01. The monoisotopic (exact) mass is 329 g/mol. The number of nitrogens with one attached hydrogen (secondary N) is 1. The van der Waals surface area contributed by atoms with Crippen LogP contribution < -0.4 is 4.72 Å². The van der Waals surface area contributed by atoms with Crippen molar-refractivity contribution in [2.24, 2.45) is 0 Å². The fourth-order valence-electron chi connectivity index (χ4n) is 1.81. The van der Waals surface area contributed by atoms with Gasteiger partial charge in [-0.25, -0.2) is 12.8 Å². The summed E-state index contributed by atoms with van der Waals surface area (Å²) < 4.78 is 40.4. The molecule has 2 aromatic rings. The predicted molar refractivity (Wildman–Crippen MR) is 79.3 cm³/mol. The van der Waals surface area contributed by atoms with Crippen LogP contribution in [0.5, 0.6) is 0 Å². The van der Waals surface area contributed by atoms with Gasteiger partial charge in [0.15, 0.2) is 0 Å². The third kappa shape index (κ3) is 3.53. The summed E-state index contributed by atoms with van der Waals surface area (Å²) in [5.74, 6) is -0.699. The second-order valence-corrected chi connectivity index (χ2v) is 6.56. The van der Waals surface area contributed by atoms with E-state index < -0.39 is 22.4 Å². The maximum Gasteiger partial charge on any atom is 0.262 e. The van der Waals surface area contributed by atoms with Gasteiger partial charge >= 0.3 is 0 Å². The number of sulfonamides is 1. The lowest BCUT2D eigenvalue weighted by Crippen LogP contribution is -2.16. The highest BCUT2D eigenvalue weighted by molar-refractivity contribution is 7.92. The lowest BCUT2D eigenvalue weighted by atomic mass is 10.2. The van der Waals surface area contributed by atoms with Crippen LogP contribution in [0.25, 0.3) is 0 Å². The minimum atomic E-state index is -4.03. The molecule has 0 aromatic heterocycles. The van der Waals surface area contributed by atoms with Crippen molar-refractivity contribution in [3.8, 4) is 0 Å². The molecule has 0 bridgehead atoms. The van der Waals surface area contributed by atoms with Crippen molar-refractivity contribution in [3.05, 3.63) is 58.4 Å². The Hall–Kier alpha value is -1.63. The number of halogens is 2. The smallest absolute Gasteiger partial charge is 0.262 e. The van der Waals surface area contributed by atoms with E-state index in [1.807, 2.05) is 0 Å². The van der Waals surface area contributed by atoms with E-state index in [2.05, 4.69) is 4.72 Å². The van der Waals surface area contributed by atoms with Gasteiger partial charge in [-0.2, -0.15) is 0 Å². The van der Waals surface area contributed by atoms with Crippen LogP contribution >= 0.6 is 11.6 Å². The Kier molecular flexibility index (Phi) is 4.51. The summed E-state index contributed by atoms with van der Waals surface area (Å²) >= 11 is 5.84. The molecule has 112 valence electrons. The fraction of sp³-hybridized carbons (Fsp3) is 0.143. The molecular formula is C14H13ClFNO3S. The predicted octanol–water partition coefficient (Wildman–Crippen LogP) is 3.08. The minimum absolute atomic E-state index is 0.114. The molecular weight excluding hydrogens is 317 g/mol. The zero-order chi connectivity index (χ0) is 15.6. The van der Waals surface area contributed by atoms with Crippen LogP contribution in [0.2, 0.25) is 5.02 Å². The quantitative estimate of drug-likeness (QED) is 0.906. The van der Waals surface area contributed by atoms with Gasteiger partial charge in [0.05, 0.1) is 17.2 Å². The number of benzene rings is 2. The van der Waals surface area contributed by atoms with Crippen molar-refractivity contribution in [1.82, 2.24) is 0 Å².